The molecule has 0 saturated carbocycles. The Bertz CT molecular complexity index is 642. The zero-order chi connectivity index (χ0) is 15.4. The Morgan fingerprint density at radius 1 is 1.09 bits per heavy atom. The summed E-state index contributed by atoms with van der Waals surface area (Å²) in [6, 6.07) is 11.4. The quantitative estimate of drug-likeness (QED) is 0.815. The van der Waals surface area contributed by atoms with Crippen LogP contribution in [-0.2, 0) is 4.79 Å². The second-order valence-electron chi connectivity index (χ2n) is 5.14. The lowest BCUT2D eigenvalue weighted by molar-refractivity contribution is -0.126. The topological polar surface area (TPSA) is 36.7 Å². The van der Waals surface area contributed by atoms with E-state index in [4.69, 9.17) is 16.0 Å². The number of rotatable bonds is 3. The molecule has 0 radical (unpaired) electrons. The molecule has 1 amide bonds. The van der Waals surface area contributed by atoms with E-state index in [1.807, 2.05) is 35.2 Å². The third-order valence-electron chi connectivity index (χ3n) is 3.72. The molecule has 22 heavy (non-hydrogen) atoms. The van der Waals surface area contributed by atoms with Crippen LogP contribution in [0, 0.1) is 0 Å². The molecule has 0 unspecified atom stereocenters. The molecular weight excluding hydrogens is 300 g/mol. The molecule has 0 bridgehead atoms. The van der Waals surface area contributed by atoms with Crippen LogP contribution in [0.1, 0.15) is 5.76 Å². The highest BCUT2D eigenvalue weighted by Gasteiger charge is 2.19. The molecule has 1 aliphatic heterocycles. The highest BCUT2D eigenvalue weighted by atomic mass is 35.5. The van der Waals surface area contributed by atoms with Crippen LogP contribution in [0.3, 0.4) is 0 Å². The second kappa shape index (κ2) is 6.71. The van der Waals surface area contributed by atoms with E-state index in [2.05, 4.69) is 4.90 Å². The monoisotopic (exact) mass is 316 g/mol. The van der Waals surface area contributed by atoms with Crippen molar-refractivity contribution >= 4 is 29.3 Å². The van der Waals surface area contributed by atoms with Crippen LogP contribution in [0.2, 0.25) is 5.02 Å². The Morgan fingerprint density at radius 3 is 2.45 bits per heavy atom. The summed E-state index contributed by atoms with van der Waals surface area (Å²) in [4.78, 5) is 16.3. The van der Waals surface area contributed by atoms with Gasteiger partial charge in [0.1, 0.15) is 5.76 Å². The molecule has 1 aromatic heterocycles. The van der Waals surface area contributed by atoms with Crippen LogP contribution in [0.15, 0.2) is 53.2 Å². The van der Waals surface area contributed by atoms with E-state index >= 15 is 0 Å². The van der Waals surface area contributed by atoms with E-state index in [1.165, 1.54) is 0 Å². The highest BCUT2D eigenvalue weighted by molar-refractivity contribution is 6.30. The molecule has 114 valence electrons. The van der Waals surface area contributed by atoms with Crippen molar-refractivity contribution in [1.29, 1.82) is 0 Å². The van der Waals surface area contributed by atoms with E-state index in [9.17, 15) is 4.79 Å². The number of hydrogen-bond donors (Lipinski definition) is 0. The van der Waals surface area contributed by atoms with Crippen molar-refractivity contribution in [3.8, 4) is 0 Å². The summed E-state index contributed by atoms with van der Waals surface area (Å²) < 4.78 is 5.18. The third kappa shape index (κ3) is 3.52. The number of nitrogens with zero attached hydrogens (tertiary/aromatic N) is 2. The number of piperazine rings is 1. The van der Waals surface area contributed by atoms with Gasteiger partial charge in [0.15, 0.2) is 0 Å². The molecule has 1 fully saturated rings. The lowest BCUT2D eigenvalue weighted by Crippen LogP contribution is -2.48. The van der Waals surface area contributed by atoms with Crippen LogP contribution >= 0.6 is 11.6 Å². The van der Waals surface area contributed by atoms with Crippen molar-refractivity contribution in [1.82, 2.24) is 4.90 Å². The van der Waals surface area contributed by atoms with E-state index in [0.717, 1.165) is 23.8 Å². The number of halogens is 1. The molecule has 0 spiro atoms. The number of furan rings is 1. The van der Waals surface area contributed by atoms with Crippen LogP contribution < -0.4 is 4.90 Å². The van der Waals surface area contributed by atoms with Crippen molar-refractivity contribution in [3.63, 3.8) is 0 Å². The first-order valence-corrected chi connectivity index (χ1v) is 7.61. The van der Waals surface area contributed by atoms with Gasteiger partial charge in [-0.05, 0) is 42.5 Å². The fraction of sp³-hybridized carbons (Fsp3) is 0.235. The average molecular weight is 317 g/mol. The van der Waals surface area contributed by atoms with Gasteiger partial charge in [-0.3, -0.25) is 4.79 Å². The van der Waals surface area contributed by atoms with Gasteiger partial charge in [0, 0.05) is 43.0 Å². The van der Waals surface area contributed by atoms with Crippen LogP contribution in [0.25, 0.3) is 6.08 Å². The van der Waals surface area contributed by atoms with Gasteiger partial charge in [-0.25, -0.2) is 0 Å². The Kier molecular flexibility index (Phi) is 4.49. The second-order valence-corrected chi connectivity index (χ2v) is 5.57. The van der Waals surface area contributed by atoms with Gasteiger partial charge in [0.2, 0.25) is 5.91 Å². The maximum atomic E-state index is 12.1. The predicted molar refractivity (Wildman–Crippen MR) is 88.0 cm³/mol. The summed E-state index contributed by atoms with van der Waals surface area (Å²) >= 11 is 5.91. The van der Waals surface area contributed by atoms with Gasteiger partial charge in [-0.15, -0.1) is 0 Å². The van der Waals surface area contributed by atoms with Gasteiger partial charge in [-0.1, -0.05) is 11.6 Å². The van der Waals surface area contributed by atoms with Gasteiger partial charge in [0.25, 0.3) is 0 Å². The Hall–Kier alpha value is -2.20. The molecule has 1 saturated heterocycles. The first-order chi connectivity index (χ1) is 10.7. The molecule has 0 atom stereocenters. The highest BCUT2D eigenvalue weighted by Crippen LogP contribution is 2.19. The first kappa shape index (κ1) is 14.7. The molecular formula is C17H17ClN2O2. The summed E-state index contributed by atoms with van der Waals surface area (Å²) in [5.74, 6) is 0.709. The van der Waals surface area contributed by atoms with Gasteiger partial charge < -0.3 is 14.2 Å². The van der Waals surface area contributed by atoms with E-state index < -0.39 is 0 Å². The Morgan fingerprint density at radius 2 is 1.82 bits per heavy atom. The number of carbonyl (C=O) groups is 1. The third-order valence-corrected chi connectivity index (χ3v) is 3.97. The van der Waals surface area contributed by atoms with Crippen LogP contribution in [0.4, 0.5) is 5.69 Å². The number of benzene rings is 1. The van der Waals surface area contributed by atoms with Crippen LogP contribution in [-0.4, -0.2) is 37.0 Å². The largest absolute Gasteiger partial charge is 0.465 e. The molecule has 4 nitrogen and oxygen atoms in total. The van der Waals surface area contributed by atoms with Gasteiger partial charge in [0.05, 0.1) is 6.26 Å². The summed E-state index contributed by atoms with van der Waals surface area (Å²) in [7, 11) is 0. The maximum absolute atomic E-state index is 12.1. The summed E-state index contributed by atoms with van der Waals surface area (Å²) in [6.07, 6.45) is 4.86. The van der Waals surface area contributed by atoms with Crippen molar-refractivity contribution in [2.24, 2.45) is 0 Å². The number of amides is 1. The van der Waals surface area contributed by atoms with Gasteiger partial charge >= 0.3 is 0 Å². The molecule has 2 aromatic rings. The fourth-order valence-electron chi connectivity index (χ4n) is 2.48. The Labute approximate surface area is 134 Å². The van der Waals surface area contributed by atoms with Gasteiger partial charge in [-0.2, -0.15) is 0 Å². The minimum Gasteiger partial charge on any atom is -0.465 e. The lowest BCUT2D eigenvalue weighted by atomic mass is 10.2. The minimum atomic E-state index is 0.0205. The SMILES string of the molecule is O=C(/C=C/c1ccco1)N1CCN(c2ccc(Cl)cc2)CC1. The molecule has 1 aromatic carbocycles. The molecule has 0 aliphatic carbocycles. The van der Waals surface area contributed by atoms with Crippen molar-refractivity contribution in [2.45, 2.75) is 0 Å². The normalized spacial score (nSPS) is 15.5. The lowest BCUT2D eigenvalue weighted by Gasteiger charge is -2.35. The first-order valence-electron chi connectivity index (χ1n) is 7.23. The molecule has 0 N–H and O–H groups in total. The van der Waals surface area contributed by atoms with E-state index in [-0.39, 0.29) is 5.91 Å². The van der Waals surface area contributed by atoms with E-state index in [0.29, 0.717) is 18.8 Å². The zero-order valence-electron chi connectivity index (χ0n) is 12.1. The van der Waals surface area contributed by atoms with Crippen molar-refractivity contribution in [3.05, 3.63) is 59.5 Å². The molecule has 3 rings (SSSR count). The van der Waals surface area contributed by atoms with Crippen molar-refractivity contribution < 1.29 is 9.21 Å². The van der Waals surface area contributed by atoms with Crippen LogP contribution in [0.5, 0.6) is 0 Å². The molecule has 2 heterocycles. The zero-order valence-corrected chi connectivity index (χ0v) is 12.9. The summed E-state index contributed by atoms with van der Waals surface area (Å²) in [5.41, 5.74) is 1.14. The average Bonchev–Trinajstić information content (AvgIpc) is 3.07. The minimum absolute atomic E-state index is 0.0205. The van der Waals surface area contributed by atoms with Crippen molar-refractivity contribution in [2.75, 3.05) is 31.1 Å². The Balaban J connectivity index is 1.55. The number of anilines is 1. The summed E-state index contributed by atoms with van der Waals surface area (Å²) in [6.45, 7) is 3.07. The maximum Gasteiger partial charge on any atom is 0.246 e. The fourth-order valence-corrected chi connectivity index (χ4v) is 2.61. The molecule has 1 aliphatic rings. The smallest absolute Gasteiger partial charge is 0.246 e. The number of carbonyl (C=O) groups excluding carboxylic acids is 1. The number of hydrogen-bond acceptors (Lipinski definition) is 3. The predicted octanol–water partition coefficient (Wildman–Crippen LogP) is 3.30. The standard InChI is InChI=1S/C17H17ClN2O2/c18-14-3-5-15(6-4-14)19-9-11-20(12-10-19)17(21)8-7-16-2-1-13-22-16/h1-8,13H,9-12H2/b8-7+. The summed E-state index contributed by atoms with van der Waals surface area (Å²) in [5, 5.41) is 0.737. The van der Waals surface area contributed by atoms with E-state index in [1.54, 1.807) is 24.5 Å². The molecule has 5 heteroatoms.